The Morgan fingerprint density at radius 1 is 1.19 bits per heavy atom. The van der Waals surface area contributed by atoms with Gasteiger partial charge in [-0.15, -0.1) is 0 Å². The van der Waals surface area contributed by atoms with E-state index >= 15 is 0 Å². The number of rotatable bonds is 2. The van der Waals surface area contributed by atoms with Crippen LogP contribution in [0, 0.1) is 5.82 Å². The fourth-order valence-electron chi connectivity index (χ4n) is 1.03. The van der Waals surface area contributed by atoms with Crippen LogP contribution in [0.15, 0.2) is 39.7 Å². The average Bonchev–Trinajstić information content (AvgIpc) is 2.27. The third-order valence-corrected chi connectivity index (χ3v) is 2.93. The Labute approximate surface area is 108 Å². The van der Waals surface area contributed by atoms with Crippen molar-refractivity contribution in [2.75, 3.05) is 0 Å². The fourth-order valence-corrected chi connectivity index (χ4v) is 1.58. The smallest absolute Gasteiger partial charge is 0.236 e. The van der Waals surface area contributed by atoms with Gasteiger partial charge in [-0.3, -0.25) is 0 Å². The molecular weight excluding hydrogens is 343 g/mol. The van der Waals surface area contributed by atoms with Gasteiger partial charge in [-0.2, -0.15) is 0 Å². The summed E-state index contributed by atoms with van der Waals surface area (Å²) >= 11 is 6.30. The summed E-state index contributed by atoms with van der Waals surface area (Å²) in [5.41, 5.74) is 0. The van der Waals surface area contributed by atoms with E-state index in [2.05, 4.69) is 41.8 Å². The van der Waals surface area contributed by atoms with Gasteiger partial charge in [0.1, 0.15) is 17.9 Å². The molecule has 0 bridgehead atoms. The van der Waals surface area contributed by atoms with Crippen molar-refractivity contribution in [3.05, 3.63) is 45.5 Å². The first kappa shape index (κ1) is 11.5. The number of benzene rings is 1. The second-order valence-electron chi connectivity index (χ2n) is 2.85. The normalized spacial score (nSPS) is 10.2. The fraction of sp³-hybridized carbons (Fsp3) is 0. The quantitative estimate of drug-likeness (QED) is 0.825. The third-order valence-electron chi connectivity index (χ3n) is 1.74. The van der Waals surface area contributed by atoms with Crippen LogP contribution in [0.4, 0.5) is 4.39 Å². The minimum absolute atomic E-state index is 0.344. The predicted molar refractivity (Wildman–Crippen MR) is 63.9 cm³/mol. The molecule has 16 heavy (non-hydrogen) atoms. The van der Waals surface area contributed by atoms with Crippen LogP contribution in [-0.4, -0.2) is 9.97 Å². The van der Waals surface area contributed by atoms with E-state index in [4.69, 9.17) is 4.74 Å². The molecule has 0 saturated carbocycles. The second kappa shape index (κ2) is 4.88. The zero-order valence-electron chi connectivity index (χ0n) is 7.82. The SMILES string of the molecule is Fc1cc(Oc2ncncc2Br)ccc1Br. The maximum atomic E-state index is 13.2. The molecule has 0 fully saturated rings. The van der Waals surface area contributed by atoms with E-state index in [0.29, 0.717) is 20.6 Å². The van der Waals surface area contributed by atoms with Crippen molar-refractivity contribution in [1.29, 1.82) is 0 Å². The van der Waals surface area contributed by atoms with Gasteiger partial charge in [0.2, 0.25) is 5.88 Å². The predicted octanol–water partition coefficient (Wildman–Crippen LogP) is 3.93. The van der Waals surface area contributed by atoms with Gasteiger partial charge in [0, 0.05) is 12.3 Å². The van der Waals surface area contributed by atoms with E-state index in [1.807, 2.05) is 0 Å². The molecule has 3 nitrogen and oxygen atoms in total. The first-order valence-electron chi connectivity index (χ1n) is 4.25. The lowest BCUT2D eigenvalue weighted by Gasteiger charge is -2.06. The van der Waals surface area contributed by atoms with Crippen molar-refractivity contribution >= 4 is 31.9 Å². The molecule has 82 valence electrons. The summed E-state index contributed by atoms with van der Waals surface area (Å²) < 4.78 is 19.6. The van der Waals surface area contributed by atoms with Crippen molar-refractivity contribution in [3.8, 4) is 11.6 Å². The van der Waals surface area contributed by atoms with Gasteiger partial charge in [0.15, 0.2) is 0 Å². The lowest BCUT2D eigenvalue weighted by Crippen LogP contribution is -1.90. The van der Waals surface area contributed by atoms with Crippen molar-refractivity contribution < 1.29 is 9.13 Å². The summed E-state index contributed by atoms with van der Waals surface area (Å²) in [5.74, 6) is 0.333. The molecular formula is C10H5Br2FN2O. The van der Waals surface area contributed by atoms with Gasteiger partial charge in [-0.1, -0.05) is 0 Å². The molecule has 0 atom stereocenters. The Morgan fingerprint density at radius 2 is 2.00 bits per heavy atom. The van der Waals surface area contributed by atoms with Gasteiger partial charge >= 0.3 is 0 Å². The van der Waals surface area contributed by atoms with E-state index in [-0.39, 0.29) is 5.82 Å². The van der Waals surface area contributed by atoms with Crippen molar-refractivity contribution in [1.82, 2.24) is 9.97 Å². The van der Waals surface area contributed by atoms with Gasteiger partial charge < -0.3 is 4.74 Å². The van der Waals surface area contributed by atoms with E-state index in [1.165, 1.54) is 12.4 Å². The molecule has 0 spiro atoms. The highest BCUT2D eigenvalue weighted by Crippen LogP contribution is 2.28. The molecule has 1 aromatic heterocycles. The molecule has 0 unspecified atom stereocenters. The van der Waals surface area contributed by atoms with E-state index in [9.17, 15) is 4.39 Å². The number of hydrogen-bond donors (Lipinski definition) is 0. The maximum absolute atomic E-state index is 13.2. The minimum Gasteiger partial charge on any atom is -0.438 e. The van der Waals surface area contributed by atoms with Crippen LogP contribution < -0.4 is 4.74 Å². The summed E-state index contributed by atoms with van der Waals surface area (Å²) in [7, 11) is 0. The van der Waals surface area contributed by atoms with Crippen LogP contribution in [0.3, 0.4) is 0 Å². The second-order valence-corrected chi connectivity index (χ2v) is 4.56. The largest absolute Gasteiger partial charge is 0.438 e. The Kier molecular flexibility index (Phi) is 3.50. The number of ether oxygens (including phenoxy) is 1. The van der Waals surface area contributed by atoms with Crippen molar-refractivity contribution in [2.24, 2.45) is 0 Å². The van der Waals surface area contributed by atoms with Crippen LogP contribution >= 0.6 is 31.9 Å². The zero-order chi connectivity index (χ0) is 11.5. The maximum Gasteiger partial charge on any atom is 0.236 e. The molecule has 0 N–H and O–H groups in total. The molecule has 2 aromatic rings. The lowest BCUT2D eigenvalue weighted by molar-refractivity contribution is 0.453. The van der Waals surface area contributed by atoms with Crippen LogP contribution in [0.2, 0.25) is 0 Å². The van der Waals surface area contributed by atoms with E-state index < -0.39 is 0 Å². The monoisotopic (exact) mass is 346 g/mol. The summed E-state index contributed by atoms with van der Waals surface area (Å²) in [5, 5.41) is 0. The Bertz CT molecular complexity index is 522. The van der Waals surface area contributed by atoms with Crippen LogP contribution in [-0.2, 0) is 0 Å². The first-order chi connectivity index (χ1) is 7.66. The molecule has 0 aliphatic carbocycles. The number of nitrogens with zero attached hydrogens (tertiary/aromatic N) is 2. The summed E-state index contributed by atoms with van der Waals surface area (Å²) in [4.78, 5) is 7.71. The molecule has 0 saturated heterocycles. The third kappa shape index (κ3) is 2.56. The summed E-state index contributed by atoms with van der Waals surface area (Å²) in [6.45, 7) is 0. The number of aromatic nitrogens is 2. The van der Waals surface area contributed by atoms with Gasteiger partial charge in [0.05, 0.1) is 8.95 Å². The van der Waals surface area contributed by atoms with Crippen LogP contribution in [0.5, 0.6) is 11.6 Å². The Hall–Kier alpha value is -1.01. The molecule has 2 rings (SSSR count). The van der Waals surface area contributed by atoms with Gasteiger partial charge in [-0.25, -0.2) is 14.4 Å². The minimum atomic E-state index is -0.386. The molecule has 1 aromatic carbocycles. The molecule has 0 radical (unpaired) electrons. The van der Waals surface area contributed by atoms with Crippen molar-refractivity contribution in [2.45, 2.75) is 0 Å². The summed E-state index contributed by atoms with van der Waals surface area (Å²) in [6, 6.07) is 4.49. The Balaban J connectivity index is 2.28. The molecule has 0 aliphatic rings. The molecule has 0 aliphatic heterocycles. The number of hydrogen-bond acceptors (Lipinski definition) is 3. The average molecular weight is 348 g/mol. The topological polar surface area (TPSA) is 35.0 Å². The highest BCUT2D eigenvalue weighted by molar-refractivity contribution is 9.10. The van der Waals surface area contributed by atoms with Crippen LogP contribution in [0.1, 0.15) is 0 Å². The van der Waals surface area contributed by atoms with Gasteiger partial charge in [-0.05, 0) is 44.0 Å². The van der Waals surface area contributed by atoms with E-state index in [1.54, 1.807) is 18.3 Å². The van der Waals surface area contributed by atoms with E-state index in [0.717, 1.165) is 0 Å². The van der Waals surface area contributed by atoms with Crippen LogP contribution in [0.25, 0.3) is 0 Å². The Morgan fingerprint density at radius 3 is 2.69 bits per heavy atom. The summed E-state index contributed by atoms with van der Waals surface area (Å²) in [6.07, 6.45) is 2.91. The zero-order valence-corrected chi connectivity index (χ0v) is 11.0. The van der Waals surface area contributed by atoms with Crippen molar-refractivity contribution in [3.63, 3.8) is 0 Å². The van der Waals surface area contributed by atoms with Gasteiger partial charge in [0.25, 0.3) is 0 Å². The molecule has 6 heteroatoms. The standard InChI is InChI=1S/C10H5Br2FN2O/c11-7-2-1-6(3-9(7)13)16-10-8(12)4-14-5-15-10/h1-5H. The first-order valence-corrected chi connectivity index (χ1v) is 5.84. The molecule has 0 amide bonds. The lowest BCUT2D eigenvalue weighted by atomic mass is 10.3. The molecule has 1 heterocycles. The highest BCUT2D eigenvalue weighted by atomic mass is 79.9. The number of halogens is 3. The highest BCUT2D eigenvalue weighted by Gasteiger charge is 2.06.